The number of nitriles is 1. The number of hydrogen-bond acceptors (Lipinski definition) is 7. The number of nitrogens with two attached hydrogens (primary N) is 1. The molecule has 1 saturated heterocycles. The Morgan fingerprint density at radius 3 is 3.11 bits per heavy atom. The minimum atomic E-state index is -1.64. The number of aliphatic hydroxyl groups is 1. The first-order valence-corrected chi connectivity index (χ1v) is 5.65. The standard InChI is InChI=1S/C11H14N4O4/c1-18-8-4-7(5-16)19-11(8,6-12)15-3-2-9(13)14-10(15)17/h2-3,7-8,16H,4-5H2,1H3,(H2,13,14,17). The van der Waals surface area contributed by atoms with Crippen LogP contribution in [-0.2, 0) is 15.2 Å². The topological polar surface area (TPSA) is 123 Å². The van der Waals surface area contributed by atoms with E-state index >= 15 is 0 Å². The summed E-state index contributed by atoms with van der Waals surface area (Å²) in [5, 5.41) is 18.6. The molecule has 8 nitrogen and oxygen atoms in total. The van der Waals surface area contributed by atoms with Gasteiger partial charge in [0.15, 0.2) is 0 Å². The van der Waals surface area contributed by atoms with Gasteiger partial charge in [-0.1, -0.05) is 0 Å². The zero-order valence-electron chi connectivity index (χ0n) is 10.3. The van der Waals surface area contributed by atoms with Gasteiger partial charge in [-0.05, 0) is 6.07 Å². The number of nitrogen functional groups attached to an aromatic ring is 1. The van der Waals surface area contributed by atoms with E-state index in [0.29, 0.717) is 6.42 Å². The highest BCUT2D eigenvalue weighted by Gasteiger charge is 2.52. The maximum Gasteiger partial charge on any atom is 0.352 e. The van der Waals surface area contributed by atoms with Crippen molar-refractivity contribution in [2.45, 2.75) is 24.4 Å². The Bertz CT molecular complexity index is 567. The lowest BCUT2D eigenvalue weighted by atomic mass is 10.1. The first-order chi connectivity index (χ1) is 9.07. The smallest absolute Gasteiger partial charge is 0.352 e. The van der Waals surface area contributed by atoms with Crippen LogP contribution >= 0.6 is 0 Å². The van der Waals surface area contributed by atoms with E-state index in [4.69, 9.17) is 20.3 Å². The van der Waals surface area contributed by atoms with E-state index in [9.17, 15) is 10.1 Å². The average Bonchev–Trinajstić information content (AvgIpc) is 2.77. The molecule has 1 aromatic rings. The lowest BCUT2D eigenvalue weighted by Crippen LogP contribution is -2.48. The Labute approximate surface area is 109 Å². The molecule has 1 aliphatic rings. The summed E-state index contributed by atoms with van der Waals surface area (Å²) in [6, 6.07) is 3.33. The van der Waals surface area contributed by atoms with Crippen LogP contribution in [0.1, 0.15) is 6.42 Å². The average molecular weight is 266 g/mol. The van der Waals surface area contributed by atoms with Crippen molar-refractivity contribution in [1.82, 2.24) is 9.55 Å². The van der Waals surface area contributed by atoms with Gasteiger partial charge in [-0.15, -0.1) is 0 Å². The van der Waals surface area contributed by atoms with Crippen molar-refractivity contribution >= 4 is 5.82 Å². The molecule has 3 unspecified atom stereocenters. The van der Waals surface area contributed by atoms with Gasteiger partial charge in [-0.3, -0.25) is 4.57 Å². The van der Waals surface area contributed by atoms with Crippen molar-refractivity contribution in [2.75, 3.05) is 19.5 Å². The first-order valence-electron chi connectivity index (χ1n) is 5.65. The third-order valence-electron chi connectivity index (χ3n) is 3.09. The van der Waals surface area contributed by atoms with Gasteiger partial charge in [-0.25, -0.2) is 4.79 Å². The fraction of sp³-hybridized carbons (Fsp3) is 0.545. The summed E-state index contributed by atoms with van der Waals surface area (Å²) < 4.78 is 11.8. The number of aromatic nitrogens is 2. The fourth-order valence-corrected chi connectivity index (χ4v) is 2.18. The highest BCUT2D eigenvalue weighted by Crippen LogP contribution is 2.35. The molecule has 0 aromatic carbocycles. The third kappa shape index (κ3) is 2.08. The highest BCUT2D eigenvalue weighted by molar-refractivity contribution is 5.25. The monoisotopic (exact) mass is 266 g/mol. The zero-order valence-corrected chi connectivity index (χ0v) is 10.3. The van der Waals surface area contributed by atoms with Crippen molar-refractivity contribution in [3.63, 3.8) is 0 Å². The molecule has 19 heavy (non-hydrogen) atoms. The predicted molar refractivity (Wildman–Crippen MR) is 63.9 cm³/mol. The lowest BCUT2D eigenvalue weighted by molar-refractivity contribution is -0.117. The van der Waals surface area contributed by atoms with E-state index in [1.165, 1.54) is 19.4 Å². The van der Waals surface area contributed by atoms with Gasteiger partial charge < -0.3 is 20.3 Å². The molecule has 1 aromatic heterocycles. The van der Waals surface area contributed by atoms with Gasteiger partial charge >= 0.3 is 5.69 Å². The molecular formula is C11H14N4O4. The fourth-order valence-electron chi connectivity index (χ4n) is 2.18. The Morgan fingerprint density at radius 2 is 2.58 bits per heavy atom. The molecule has 102 valence electrons. The normalized spacial score (nSPS) is 30.2. The Kier molecular flexibility index (Phi) is 3.53. The molecule has 3 atom stereocenters. The second-order valence-electron chi connectivity index (χ2n) is 4.20. The second-order valence-corrected chi connectivity index (χ2v) is 4.20. The second kappa shape index (κ2) is 4.97. The summed E-state index contributed by atoms with van der Waals surface area (Å²) in [5.74, 6) is 0.0556. The summed E-state index contributed by atoms with van der Waals surface area (Å²) in [7, 11) is 1.41. The number of hydrogen-bond donors (Lipinski definition) is 2. The molecule has 2 heterocycles. The van der Waals surface area contributed by atoms with Crippen LogP contribution in [0.2, 0.25) is 0 Å². The van der Waals surface area contributed by atoms with Crippen molar-refractivity contribution in [2.24, 2.45) is 0 Å². The van der Waals surface area contributed by atoms with E-state index in [1.54, 1.807) is 0 Å². The van der Waals surface area contributed by atoms with Crippen LogP contribution in [-0.4, -0.2) is 40.6 Å². The molecule has 2 rings (SSSR count). The molecule has 0 bridgehead atoms. The van der Waals surface area contributed by atoms with E-state index in [-0.39, 0.29) is 12.4 Å². The summed E-state index contributed by atoms with van der Waals surface area (Å²) in [5.41, 5.74) is 3.07. The lowest BCUT2D eigenvalue weighted by Gasteiger charge is -2.28. The van der Waals surface area contributed by atoms with E-state index in [2.05, 4.69) is 4.98 Å². The summed E-state index contributed by atoms with van der Waals surface area (Å²) in [4.78, 5) is 15.4. The summed E-state index contributed by atoms with van der Waals surface area (Å²) in [6.45, 7) is -0.263. The Hall–Kier alpha value is -1.95. The number of rotatable bonds is 3. The van der Waals surface area contributed by atoms with Gasteiger partial charge in [0.2, 0.25) is 0 Å². The third-order valence-corrected chi connectivity index (χ3v) is 3.09. The molecule has 3 N–H and O–H groups in total. The number of anilines is 1. The molecule has 0 amide bonds. The van der Waals surface area contributed by atoms with Crippen molar-refractivity contribution in [3.05, 3.63) is 22.7 Å². The van der Waals surface area contributed by atoms with Gasteiger partial charge in [0.05, 0.1) is 12.7 Å². The molecular weight excluding hydrogens is 252 g/mol. The quantitative estimate of drug-likeness (QED) is 0.704. The Balaban J connectivity index is 2.54. The van der Waals surface area contributed by atoms with Crippen molar-refractivity contribution in [1.29, 1.82) is 5.26 Å². The predicted octanol–water partition coefficient (Wildman–Crippen LogP) is -1.20. The van der Waals surface area contributed by atoms with Gasteiger partial charge in [-0.2, -0.15) is 10.2 Å². The van der Waals surface area contributed by atoms with Gasteiger partial charge in [0, 0.05) is 19.7 Å². The van der Waals surface area contributed by atoms with E-state index in [0.717, 1.165) is 4.57 Å². The molecule has 0 saturated carbocycles. The molecule has 8 heteroatoms. The van der Waals surface area contributed by atoms with Crippen LogP contribution in [0.15, 0.2) is 17.1 Å². The van der Waals surface area contributed by atoms with Crippen LogP contribution in [0.25, 0.3) is 0 Å². The Morgan fingerprint density at radius 1 is 1.84 bits per heavy atom. The largest absolute Gasteiger partial charge is 0.394 e. The summed E-state index contributed by atoms with van der Waals surface area (Å²) in [6.07, 6.45) is 0.378. The molecule has 0 spiro atoms. The van der Waals surface area contributed by atoms with Crippen LogP contribution < -0.4 is 11.4 Å². The van der Waals surface area contributed by atoms with E-state index in [1.807, 2.05) is 6.07 Å². The van der Waals surface area contributed by atoms with Crippen LogP contribution in [0.3, 0.4) is 0 Å². The number of aliphatic hydroxyl groups excluding tert-OH is 1. The van der Waals surface area contributed by atoms with Crippen LogP contribution in [0.4, 0.5) is 5.82 Å². The van der Waals surface area contributed by atoms with E-state index < -0.39 is 23.6 Å². The minimum absolute atomic E-state index is 0.0556. The molecule has 0 radical (unpaired) electrons. The van der Waals surface area contributed by atoms with Crippen LogP contribution in [0, 0.1) is 11.3 Å². The number of ether oxygens (including phenoxy) is 2. The number of methoxy groups -OCH3 is 1. The maximum absolute atomic E-state index is 11.9. The van der Waals surface area contributed by atoms with Gasteiger partial charge in [0.1, 0.15) is 18.0 Å². The zero-order chi connectivity index (χ0) is 14.0. The highest BCUT2D eigenvalue weighted by atomic mass is 16.6. The van der Waals surface area contributed by atoms with Crippen molar-refractivity contribution < 1.29 is 14.6 Å². The van der Waals surface area contributed by atoms with Gasteiger partial charge in [0.25, 0.3) is 5.72 Å². The first kappa shape index (κ1) is 13.5. The van der Waals surface area contributed by atoms with Crippen molar-refractivity contribution in [3.8, 4) is 6.07 Å². The molecule has 1 aliphatic heterocycles. The SMILES string of the molecule is COC1CC(CO)OC1(C#N)n1ccc(N)nc1=O. The number of nitrogens with zero attached hydrogens (tertiary/aromatic N) is 3. The molecule has 1 fully saturated rings. The molecule has 0 aliphatic carbocycles. The minimum Gasteiger partial charge on any atom is -0.394 e. The maximum atomic E-state index is 11.9. The van der Waals surface area contributed by atoms with Crippen LogP contribution in [0.5, 0.6) is 0 Å². The summed E-state index contributed by atoms with van der Waals surface area (Å²) >= 11 is 0.